The van der Waals surface area contributed by atoms with Gasteiger partial charge in [-0.2, -0.15) is 0 Å². The van der Waals surface area contributed by atoms with Gasteiger partial charge in [0.2, 0.25) is 11.5 Å². The number of piperazine rings is 1. The molecule has 2 aliphatic heterocycles. The quantitative estimate of drug-likeness (QED) is 0.491. The molecular weight excluding hydrogens is 494 g/mol. The van der Waals surface area contributed by atoms with E-state index in [1.807, 2.05) is 6.07 Å². The van der Waals surface area contributed by atoms with Crippen LogP contribution in [0.5, 0.6) is 0 Å². The van der Waals surface area contributed by atoms with Gasteiger partial charge in [-0.3, -0.25) is 14.4 Å². The largest absolute Gasteiger partial charge is 0.332 e. The zero-order chi connectivity index (χ0) is 27.2. The second-order valence-corrected chi connectivity index (χ2v) is 9.31. The van der Waals surface area contributed by atoms with E-state index in [0.29, 0.717) is 16.2 Å². The predicted molar refractivity (Wildman–Crippen MR) is 135 cm³/mol. The fraction of sp³-hybridized carbons (Fsp3) is 0.214. The molecule has 0 radical (unpaired) electrons. The molecule has 10 heteroatoms. The number of pyridine rings is 1. The minimum Gasteiger partial charge on any atom is -0.317 e. The molecule has 2 saturated heterocycles. The molecule has 4 amide bonds. The van der Waals surface area contributed by atoms with Crippen molar-refractivity contribution in [2.75, 3.05) is 22.9 Å². The third-order valence-corrected chi connectivity index (χ3v) is 6.76. The van der Waals surface area contributed by atoms with Crippen molar-refractivity contribution in [3.8, 4) is 11.8 Å². The third kappa shape index (κ3) is 4.12. The summed E-state index contributed by atoms with van der Waals surface area (Å²) >= 11 is 0. The number of halogens is 2. The van der Waals surface area contributed by atoms with Crippen molar-refractivity contribution >= 4 is 29.2 Å². The highest BCUT2D eigenvalue weighted by Crippen LogP contribution is 2.38. The molecule has 1 atom stereocenters. The number of benzene rings is 2. The van der Waals surface area contributed by atoms with Gasteiger partial charge in [0.25, 0.3) is 5.91 Å². The van der Waals surface area contributed by atoms with Gasteiger partial charge in [-0.1, -0.05) is 30.0 Å². The number of anilines is 2. The van der Waals surface area contributed by atoms with Gasteiger partial charge in [0.05, 0.1) is 12.1 Å². The highest BCUT2D eigenvalue weighted by atomic mass is 19.1. The van der Waals surface area contributed by atoms with Gasteiger partial charge in [-0.05, 0) is 37.3 Å². The van der Waals surface area contributed by atoms with Crippen molar-refractivity contribution < 1.29 is 23.2 Å². The van der Waals surface area contributed by atoms with Crippen LogP contribution in [0.1, 0.15) is 24.5 Å². The fourth-order valence-electron chi connectivity index (χ4n) is 4.76. The molecule has 192 valence electrons. The number of imide groups is 1. The minimum absolute atomic E-state index is 0.0115. The minimum atomic E-state index is -1.56. The molecule has 0 saturated carbocycles. The number of nitrogens with zero attached hydrogens (tertiary/aromatic N) is 4. The molecule has 0 N–H and O–H groups in total. The van der Waals surface area contributed by atoms with Crippen LogP contribution in [-0.2, 0) is 16.6 Å². The van der Waals surface area contributed by atoms with E-state index < -0.39 is 47.1 Å². The van der Waals surface area contributed by atoms with Crippen LogP contribution >= 0.6 is 0 Å². The van der Waals surface area contributed by atoms with Crippen LogP contribution in [0.4, 0.5) is 25.0 Å². The van der Waals surface area contributed by atoms with Crippen LogP contribution in [0.15, 0.2) is 65.6 Å². The lowest BCUT2D eigenvalue weighted by Crippen LogP contribution is -2.73. The van der Waals surface area contributed by atoms with Crippen molar-refractivity contribution in [2.24, 2.45) is 7.05 Å². The molecule has 8 nitrogen and oxygen atoms in total. The molecule has 3 aromatic rings. The Labute approximate surface area is 216 Å². The number of aromatic nitrogens is 1. The number of hydrogen-bond acceptors (Lipinski definition) is 4. The number of carbonyl (C=O) groups excluding carboxylic acids is 3. The van der Waals surface area contributed by atoms with Gasteiger partial charge in [0.1, 0.15) is 11.2 Å². The molecule has 0 bridgehead atoms. The van der Waals surface area contributed by atoms with Crippen molar-refractivity contribution in [1.82, 2.24) is 9.47 Å². The van der Waals surface area contributed by atoms with E-state index in [4.69, 9.17) is 0 Å². The van der Waals surface area contributed by atoms with Crippen LogP contribution in [0.3, 0.4) is 0 Å². The molecule has 2 aliphatic rings. The van der Waals surface area contributed by atoms with Gasteiger partial charge in [0, 0.05) is 43.5 Å². The Morgan fingerprint density at radius 3 is 2.18 bits per heavy atom. The van der Waals surface area contributed by atoms with Gasteiger partial charge in [0.15, 0.2) is 11.6 Å². The van der Waals surface area contributed by atoms with Crippen molar-refractivity contribution in [3.63, 3.8) is 0 Å². The van der Waals surface area contributed by atoms with Crippen molar-refractivity contribution in [2.45, 2.75) is 18.9 Å². The molecule has 0 aliphatic carbocycles. The summed E-state index contributed by atoms with van der Waals surface area (Å²) in [6, 6.07) is 12.6. The van der Waals surface area contributed by atoms with Crippen LogP contribution in [0.25, 0.3) is 0 Å². The summed E-state index contributed by atoms with van der Waals surface area (Å²) in [4.78, 5) is 54.8. The maximum Gasteiger partial charge on any atom is 0.332 e. The second kappa shape index (κ2) is 9.27. The van der Waals surface area contributed by atoms with Crippen LogP contribution in [0.2, 0.25) is 0 Å². The predicted octanol–water partition coefficient (Wildman–Crippen LogP) is 3.03. The van der Waals surface area contributed by atoms with Crippen LogP contribution in [0, 0.1) is 23.5 Å². The monoisotopic (exact) mass is 516 g/mol. The first kappa shape index (κ1) is 24.9. The average Bonchev–Trinajstić information content (AvgIpc) is 2.88. The Hall–Kier alpha value is -4.78. The highest BCUT2D eigenvalue weighted by molar-refractivity contribution is 6.20. The van der Waals surface area contributed by atoms with Gasteiger partial charge in [-0.15, -0.1) is 0 Å². The standard InChI is InChI=1S/C28H22F2N4O4/c1-28-16-24(36)34(25-21(29)14-19(15-22(25)30)9-8-18-6-4-3-5-7-18)27(38)33(28)13-12-32(26(28)37)20-10-11-23(35)31(2)17-20/h3-7,10-11,14-15,17H,12-13,16H2,1-2H3/t28-/m0/s1. The lowest BCUT2D eigenvalue weighted by atomic mass is 9.88. The Balaban J connectivity index is 1.44. The molecule has 5 rings (SSSR count). The summed E-state index contributed by atoms with van der Waals surface area (Å²) < 4.78 is 31.6. The normalized spacial score (nSPS) is 19.3. The molecule has 2 aromatic carbocycles. The fourth-order valence-corrected chi connectivity index (χ4v) is 4.76. The number of rotatable bonds is 2. The number of carbonyl (C=O) groups is 3. The summed E-state index contributed by atoms with van der Waals surface area (Å²) in [5.41, 5.74) is -1.50. The Morgan fingerprint density at radius 2 is 1.53 bits per heavy atom. The van der Waals surface area contributed by atoms with E-state index in [-0.39, 0.29) is 24.2 Å². The van der Waals surface area contributed by atoms with E-state index in [0.717, 1.165) is 17.0 Å². The summed E-state index contributed by atoms with van der Waals surface area (Å²) in [5, 5.41) is 0. The lowest BCUT2D eigenvalue weighted by Gasteiger charge is -2.51. The van der Waals surface area contributed by atoms with E-state index in [9.17, 15) is 19.2 Å². The van der Waals surface area contributed by atoms with Gasteiger partial charge >= 0.3 is 6.03 Å². The number of hydrogen-bond donors (Lipinski definition) is 0. The molecule has 2 fully saturated rings. The van der Waals surface area contributed by atoms with Gasteiger partial charge < -0.3 is 14.4 Å². The zero-order valence-electron chi connectivity index (χ0n) is 20.6. The Bertz CT molecular complexity index is 1590. The van der Waals surface area contributed by atoms with Crippen LogP contribution in [-0.4, -0.2) is 45.9 Å². The molecule has 1 aromatic heterocycles. The number of fused-ring (bicyclic) bond motifs is 1. The molecule has 38 heavy (non-hydrogen) atoms. The molecule has 0 spiro atoms. The third-order valence-electron chi connectivity index (χ3n) is 6.76. The summed E-state index contributed by atoms with van der Waals surface area (Å²) in [7, 11) is 1.54. The molecular formula is C28H22F2N4O4. The Kier molecular flexibility index (Phi) is 6.07. The van der Waals surface area contributed by atoms with E-state index in [1.54, 1.807) is 31.3 Å². The average molecular weight is 517 g/mol. The van der Waals surface area contributed by atoms with Crippen molar-refractivity contribution in [3.05, 3.63) is 93.9 Å². The SMILES string of the molecule is Cn1cc(N2CCN3C(=O)N(c4c(F)cc(C#Cc5ccccc5)cc4F)C(=O)C[C@@]3(C)C2=O)ccc1=O. The van der Waals surface area contributed by atoms with Crippen LogP contribution < -0.4 is 15.4 Å². The number of urea groups is 1. The highest BCUT2D eigenvalue weighted by Gasteiger charge is 2.56. The lowest BCUT2D eigenvalue weighted by molar-refractivity contribution is -0.137. The first-order valence-electron chi connectivity index (χ1n) is 11.8. The van der Waals surface area contributed by atoms with E-state index >= 15 is 8.78 Å². The molecule has 0 unspecified atom stereocenters. The summed E-state index contributed by atoms with van der Waals surface area (Å²) in [6.45, 7) is 1.53. The molecule has 3 heterocycles. The van der Waals surface area contributed by atoms with E-state index in [1.165, 1.54) is 34.7 Å². The summed E-state index contributed by atoms with van der Waals surface area (Å²) in [6.07, 6.45) is 1.01. The Morgan fingerprint density at radius 1 is 0.868 bits per heavy atom. The topological polar surface area (TPSA) is 82.9 Å². The zero-order valence-corrected chi connectivity index (χ0v) is 20.6. The first-order chi connectivity index (χ1) is 18.1. The number of aryl methyl sites for hydroxylation is 1. The second-order valence-electron chi connectivity index (χ2n) is 9.31. The summed E-state index contributed by atoms with van der Waals surface area (Å²) in [5.74, 6) is 1.80. The van der Waals surface area contributed by atoms with Gasteiger partial charge in [-0.25, -0.2) is 18.5 Å². The van der Waals surface area contributed by atoms with Crippen molar-refractivity contribution in [1.29, 1.82) is 0 Å². The maximum atomic E-state index is 15.1. The first-order valence-corrected chi connectivity index (χ1v) is 11.8. The smallest absolute Gasteiger partial charge is 0.317 e. The number of amides is 4. The maximum absolute atomic E-state index is 15.1. The van der Waals surface area contributed by atoms with E-state index in [2.05, 4.69) is 11.8 Å².